The highest BCUT2D eigenvalue weighted by atomic mass is 16.6. The first-order valence-corrected chi connectivity index (χ1v) is 7.52. The first-order valence-electron chi connectivity index (χ1n) is 7.52. The van der Waals surface area contributed by atoms with Crippen molar-refractivity contribution in [3.05, 3.63) is 38.8 Å². The van der Waals surface area contributed by atoms with E-state index >= 15 is 0 Å². The fourth-order valence-electron chi connectivity index (χ4n) is 2.94. The van der Waals surface area contributed by atoms with Crippen LogP contribution in [0, 0.1) is 22.0 Å². The van der Waals surface area contributed by atoms with Crippen molar-refractivity contribution in [2.45, 2.75) is 45.7 Å². The third-order valence-corrected chi connectivity index (χ3v) is 4.55. The summed E-state index contributed by atoms with van der Waals surface area (Å²) in [6, 6.07) is 2.35. The normalized spacial score (nSPS) is 24.7. The number of rotatable bonds is 4. The van der Waals surface area contributed by atoms with Crippen molar-refractivity contribution in [1.29, 1.82) is 0 Å². The molecule has 1 N–H and O–H groups in total. The predicted molar refractivity (Wildman–Crippen MR) is 81.5 cm³/mol. The Bertz CT molecular complexity index is 625. The highest BCUT2D eigenvalue weighted by Crippen LogP contribution is 2.29. The third kappa shape index (κ3) is 3.72. The molecular formula is C15H21N3O4. The summed E-state index contributed by atoms with van der Waals surface area (Å²) in [6.07, 6.45) is 4.28. The molecule has 2 rings (SSSR count). The van der Waals surface area contributed by atoms with Crippen molar-refractivity contribution in [3.8, 4) is 0 Å². The Kier molecular flexibility index (Phi) is 4.95. The maximum absolute atomic E-state index is 12.1. The lowest BCUT2D eigenvalue weighted by Crippen LogP contribution is -2.45. The largest absolute Gasteiger partial charge is 0.352 e. The summed E-state index contributed by atoms with van der Waals surface area (Å²) in [6.45, 7) is 4.10. The Morgan fingerprint density at radius 1 is 1.41 bits per heavy atom. The zero-order chi connectivity index (χ0) is 16.3. The molecule has 0 aromatic carbocycles. The topological polar surface area (TPSA) is 94.2 Å². The van der Waals surface area contributed by atoms with E-state index in [4.69, 9.17) is 0 Å². The molecule has 1 saturated carbocycles. The summed E-state index contributed by atoms with van der Waals surface area (Å²) in [5, 5.41) is 13.7. The van der Waals surface area contributed by atoms with Crippen LogP contribution >= 0.6 is 0 Å². The third-order valence-electron chi connectivity index (χ3n) is 4.55. The summed E-state index contributed by atoms with van der Waals surface area (Å²) < 4.78 is 1.07. The molecule has 1 amide bonds. The van der Waals surface area contributed by atoms with Gasteiger partial charge in [-0.25, -0.2) is 0 Å². The molecule has 1 aromatic rings. The molecular weight excluding hydrogens is 286 g/mol. The lowest BCUT2D eigenvalue weighted by atomic mass is 9.78. The van der Waals surface area contributed by atoms with E-state index in [-0.39, 0.29) is 24.2 Å². The lowest BCUT2D eigenvalue weighted by Gasteiger charge is -2.34. The molecule has 1 heterocycles. The number of pyridine rings is 1. The first-order chi connectivity index (χ1) is 10.4. The number of hydrogen-bond acceptors (Lipinski definition) is 4. The van der Waals surface area contributed by atoms with Gasteiger partial charge in [0, 0.05) is 18.2 Å². The summed E-state index contributed by atoms with van der Waals surface area (Å²) in [7, 11) is 0. The minimum atomic E-state index is -0.585. The van der Waals surface area contributed by atoms with Gasteiger partial charge in [-0.1, -0.05) is 26.7 Å². The minimum Gasteiger partial charge on any atom is -0.352 e. The van der Waals surface area contributed by atoms with E-state index in [1.165, 1.54) is 0 Å². The Morgan fingerprint density at radius 3 is 2.82 bits per heavy atom. The van der Waals surface area contributed by atoms with Crippen LogP contribution in [-0.4, -0.2) is 21.4 Å². The van der Waals surface area contributed by atoms with E-state index in [0.717, 1.165) is 42.2 Å². The predicted octanol–water partition coefficient (Wildman–Crippen LogP) is 1.70. The van der Waals surface area contributed by atoms with Crippen molar-refractivity contribution in [2.75, 3.05) is 0 Å². The molecule has 0 spiro atoms. The number of amides is 1. The number of nitrogens with zero attached hydrogens (tertiary/aromatic N) is 2. The second kappa shape index (κ2) is 6.72. The van der Waals surface area contributed by atoms with Gasteiger partial charge in [-0.15, -0.1) is 0 Å². The van der Waals surface area contributed by atoms with E-state index in [0.29, 0.717) is 11.8 Å². The maximum Gasteiger partial charge on any atom is 0.285 e. The fourth-order valence-corrected chi connectivity index (χ4v) is 2.94. The van der Waals surface area contributed by atoms with E-state index < -0.39 is 10.5 Å². The number of carbonyl (C=O) groups is 1. The number of hydrogen-bond donors (Lipinski definition) is 1. The molecule has 7 nitrogen and oxygen atoms in total. The summed E-state index contributed by atoms with van der Waals surface area (Å²) >= 11 is 0. The molecule has 22 heavy (non-hydrogen) atoms. The molecule has 0 saturated heterocycles. The molecule has 0 bridgehead atoms. The van der Waals surface area contributed by atoms with E-state index in [1.807, 2.05) is 0 Å². The van der Waals surface area contributed by atoms with Gasteiger partial charge in [0.1, 0.15) is 6.54 Å². The minimum absolute atomic E-state index is 0.102. The number of aromatic nitrogens is 1. The number of carbonyl (C=O) groups excluding carboxylic acids is 1. The molecule has 1 aromatic heterocycles. The van der Waals surface area contributed by atoms with Crippen LogP contribution in [0.1, 0.15) is 33.1 Å². The lowest BCUT2D eigenvalue weighted by molar-refractivity contribution is -0.385. The van der Waals surface area contributed by atoms with Crippen molar-refractivity contribution in [3.63, 3.8) is 0 Å². The van der Waals surface area contributed by atoms with Gasteiger partial charge in [0.05, 0.1) is 11.1 Å². The van der Waals surface area contributed by atoms with Gasteiger partial charge in [-0.2, -0.15) is 0 Å². The Hall–Kier alpha value is -2.18. The zero-order valence-electron chi connectivity index (χ0n) is 12.8. The van der Waals surface area contributed by atoms with Gasteiger partial charge in [0.25, 0.3) is 11.2 Å². The van der Waals surface area contributed by atoms with Gasteiger partial charge in [0.2, 0.25) is 5.91 Å². The number of nitrogens with one attached hydrogen (secondary N) is 1. The summed E-state index contributed by atoms with van der Waals surface area (Å²) in [5.41, 5.74) is -0.627. The fraction of sp³-hybridized carbons (Fsp3) is 0.600. The van der Waals surface area contributed by atoms with Crippen LogP contribution in [0.5, 0.6) is 0 Å². The van der Waals surface area contributed by atoms with E-state index in [2.05, 4.69) is 19.2 Å². The molecule has 0 aliphatic heterocycles. The van der Waals surface area contributed by atoms with Gasteiger partial charge < -0.3 is 5.32 Å². The van der Waals surface area contributed by atoms with Crippen molar-refractivity contribution < 1.29 is 9.72 Å². The van der Waals surface area contributed by atoms with Gasteiger partial charge in [0.15, 0.2) is 0 Å². The molecule has 1 aliphatic rings. The van der Waals surface area contributed by atoms with Crippen LogP contribution in [0.25, 0.3) is 0 Å². The average molecular weight is 307 g/mol. The quantitative estimate of drug-likeness (QED) is 0.676. The van der Waals surface area contributed by atoms with Crippen LogP contribution in [0.4, 0.5) is 5.69 Å². The Balaban J connectivity index is 2.04. The van der Waals surface area contributed by atoms with Crippen LogP contribution < -0.4 is 10.9 Å². The van der Waals surface area contributed by atoms with Crippen molar-refractivity contribution in [1.82, 2.24) is 9.88 Å². The smallest absolute Gasteiger partial charge is 0.285 e. The van der Waals surface area contributed by atoms with Crippen LogP contribution in [-0.2, 0) is 11.3 Å². The molecule has 7 heteroatoms. The highest BCUT2D eigenvalue weighted by molar-refractivity contribution is 5.76. The standard InChI is InChI=1S/C15H21N3O4/c1-10-4-3-5-13(11(10)2)16-14(19)9-17-8-12(18(21)22)6-7-15(17)20/h6-8,10-11,13H,3-5,9H2,1-2H3,(H,16,19)/t10-,11-,13+/m1/s1. The molecule has 0 unspecified atom stereocenters. The van der Waals surface area contributed by atoms with E-state index in [1.54, 1.807) is 0 Å². The van der Waals surface area contributed by atoms with Crippen LogP contribution in [0.2, 0.25) is 0 Å². The number of nitro groups is 1. The van der Waals surface area contributed by atoms with Gasteiger partial charge in [-0.3, -0.25) is 24.3 Å². The molecule has 1 fully saturated rings. The SMILES string of the molecule is C[C@@H]1[C@H](C)CCC[C@@H]1NC(=O)Cn1cc([N+](=O)[O-])ccc1=O. The average Bonchev–Trinajstić information content (AvgIpc) is 2.46. The Labute approximate surface area is 128 Å². The first kappa shape index (κ1) is 16.2. The molecule has 1 aliphatic carbocycles. The van der Waals surface area contributed by atoms with Gasteiger partial charge in [-0.05, 0) is 18.3 Å². The van der Waals surface area contributed by atoms with Gasteiger partial charge >= 0.3 is 0 Å². The summed E-state index contributed by atoms with van der Waals surface area (Å²) in [4.78, 5) is 34.0. The zero-order valence-corrected chi connectivity index (χ0v) is 12.8. The molecule has 3 atom stereocenters. The van der Waals surface area contributed by atoms with Crippen LogP contribution in [0.15, 0.2) is 23.1 Å². The Morgan fingerprint density at radius 2 is 2.14 bits per heavy atom. The van der Waals surface area contributed by atoms with Crippen molar-refractivity contribution in [2.24, 2.45) is 11.8 Å². The second-order valence-electron chi connectivity index (χ2n) is 6.05. The monoisotopic (exact) mass is 307 g/mol. The van der Waals surface area contributed by atoms with Crippen molar-refractivity contribution >= 4 is 11.6 Å². The van der Waals surface area contributed by atoms with Crippen LogP contribution in [0.3, 0.4) is 0 Å². The van der Waals surface area contributed by atoms with E-state index in [9.17, 15) is 19.7 Å². The molecule has 120 valence electrons. The summed E-state index contributed by atoms with van der Waals surface area (Å²) in [5.74, 6) is 0.660. The highest BCUT2D eigenvalue weighted by Gasteiger charge is 2.28. The molecule has 0 radical (unpaired) electrons. The maximum atomic E-state index is 12.1. The second-order valence-corrected chi connectivity index (χ2v) is 6.05.